The fourth-order valence-electron chi connectivity index (χ4n) is 8.24. The van der Waals surface area contributed by atoms with E-state index in [1.807, 2.05) is 48.5 Å². The maximum atomic E-state index is 6.61. The summed E-state index contributed by atoms with van der Waals surface area (Å²) in [4.78, 5) is 15.5. The lowest BCUT2D eigenvalue weighted by molar-refractivity contribution is 0.668. The van der Waals surface area contributed by atoms with Crippen LogP contribution in [0, 0.1) is 0 Å². The van der Waals surface area contributed by atoms with Gasteiger partial charge >= 0.3 is 0 Å². The Balaban J connectivity index is 1.16. The van der Waals surface area contributed by atoms with E-state index in [-0.39, 0.29) is 0 Å². The highest BCUT2D eigenvalue weighted by molar-refractivity contribution is 7.25. The molecular formula is C52H33N3O2S. The predicted molar refractivity (Wildman–Crippen MR) is 244 cm³/mol. The Morgan fingerprint density at radius 2 is 1.16 bits per heavy atom. The van der Waals surface area contributed by atoms with Crippen LogP contribution in [0.15, 0.2) is 200 Å². The van der Waals surface area contributed by atoms with Crippen LogP contribution in [0.2, 0.25) is 0 Å². The first-order valence-electron chi connectivity index (χ1n) is 19.2. The fourth-order valence-corrected chi connectivity index (χ4v) is 9.38. The topological polar surface area (TPSA) is 63.4 Å². The summed E-state index contributed by atoms with van der Waals surface area (Å²) in [5.41, 5.74) is 10.1. The van der Waals surface area contributed by atoms with Crippen molar-refractivity contribution >= 4 is 93.8 Å². The first kappa shape index (κ1) is 33.9. The van der Waals surface area contributed by atoms with E-state index in [0.29, 0.717) is 18.2 Å². The Labute approximate surface area is 337 Å². The van der Waals surface area contributed by atoms with Crippen molar-refractivity contribution < 1.29 is 8.83 Å². The van der Waals surface area contributed by atoms with Crippen molar-refractivity contribution in [2.24, 2.45) is 15.0 Å². The van der Waals surface area contributed by atoms with Crippen LogP contribution in [-0.4, -0.2) is 18.4 Å². The molecule has 58 heavy (non-hydrogen) atoms. The SMILES string of the molecule is C=N/C(=N\C(=N/Cc1ccc(-c2ccccc2)cc1)c1cccc2sc3ccccc3c12)c1c(-c2cccc3c2oc2ccccc23)ccc2oc3ccccc3c12. The van der Waals surface area contributed by atoms with Crippen molar-refractivity contribution in [3.05, 3.63) is 193 Å². The second-order valence-electron chi connectivity index (χ2n) is 14.3. The third kappa shape index (κ3) is 5.65. The third-order valence-corrected chi connectivity index (χ3v) is 12.1. The van der Waals surface area contributed by atoms with E-state index in [0.717, 1.165) is 82.6 Å². The molecule has 0 unspecified atom stereocenters. The fraction of sp³-hybridized carbons (Fsp3) is 0.0192. The van der Waals surface area contributed by atoms with Gasteiger partial charge in [-0.25, -0.2) is 9.98 Å². The van der Waals surface area contributed by atoms with Crippen LogP contribution in [0.3, 0.4) is 0 Å². The van der Waals surface area contributed by atoms with Crippen LogP contribution in [-0.2, 0) is 6.54 Å². The van der Waals surface area contributed by atoms with Crippen LogP contribution in [0.5, 0.6) is 0 Å². The molecule has 0 N–H and O–H groups in total. The Hall–Kier alpha value is -7.41. The number of aliphatic imine (C=N–C) groups is 3. The molecular weight excluding hydrogens is 731 g/mol. The van der Waals surface area contributed by atoms with Crippen LogP contribution in [0.25, 0.3) is 86.3 Å². The number of hydrogen-bond acceptors (Lipinski definition) is 4. The molecule has 0 atom stereocenters. The lowest BCUT2D eigenvalue weighted by atomic mass is 9.93. The van der Waals surface area contributed by atoms with Crippen molar-refractivity contribution in [3.63, 3.8) is 0 Å². The van der Waals surface area contributed by atoms with Crippen LogP contribution >= 0.6 is 11.3 Å². The van der Waals surface area contributed by atoms with Crippen molar-refractivity contribution in [2.45, 2.75) is 6.54 Å². The number of hydrogen-bond donors (Lipinski definition) is 0. The zero-order chi connectivity index (χ0) is 38.6. The number of nitrogens with zero attached hydrogens (tertiary/aromatic N) is 3. The van der Waals surface area contributed by atoms with Gasteiger partial charge in [0, 0.05) is 58.4 Å². The van der Waals surface area contributed by atoms with E-state index in [2.05, 4.69) is 134 Å². The maximum Gasteiger partial charge on any atom is 0.162 e. The van der Waals surface area contributed by atoms with Crippen molar-refractivity contribution in [3.8, 4) is 22.3 Å². The smallest absolute Gasteiger partial charge is 0.162 e. The molecule has 3 heterocycles. The van der Waals surface area contributed by atoms with Gasteiger partial charge in [-0.2, -0.15) is 0 Å². The molecule has 0 saturated heterocycles. The van der Waals surface area contributed by atoms with E-state index in [1.54, 1.807) is 11.3 Å². The Kier molecular flexibility index (Phi) is 8.15. The highest BCUT2D eigenvalue weighted by atomic mass is 32.1. The average Bonchev–Trinajstić information content (AvgIpc) is 3.98. The molecule has 0 amide bonds. The maximum absolute atomic E-state index is 6.61. The van der Waals surface area contributed by atoms with Gasteiger partial charge in [0.2, 0.25) is 0 Å². The van der Waals surface area contributed by atoms with Gasteiger partial charge < -0.3 is 8.83 Å². The minimum atomic E-state index is 0.417. The molecule has 8 aromatic carbocycles. The molecule has 11 rings (SSSR count). The largest absolute Gasteiger partial charge is 0.456 e. The van der Waals surface area contributed by atoms with Gasteiger partial charge in [0.15, 0.2) is 11.7 Å². The monoisotopic (exact) mass is 763 g/mol. The molecule has 0 saturated carbocycles. The van der Waals surface area contributed by atoms with E-state index < -0.39 is 0 Å². The highest BCUT2D eigenvalue weighted by Gasteiger charge is 2.24. The van der Waals surface area contributed by atoms with Gasteiger partial charge in [-0.05, 0) is 65.4 Å². The lowest BCUT2D eigenvalue weighted by Crippen LogP contribution is -2.08. The second kappa shape index (κ2) is 14.0. The molecule has 0 fully saturated rings. The summed E-state index contributed by atoms with van der Waals surface area (Å²) in [5.74, 6) is 1.01. The normalized spacial score (nSPS) is 12.5. The molecule has 0 bridgehead atoms. The number of fused-ring (bicyclic) bond motifs is 9. The average molecular weight is 764 g/mol. The van der Waals surface area contributed by atoms with Crippen molar-refractivity contribution in [2.75, 3.05) is 0 Å². The summed E-state index contributed by atoms with van der Waals surface area (Å²) < 4.78 is 15.5. The summed E-state index contributed by atoms with van der Waals surface area (Å²) in [6.45, 7) is 4.58. The molecule has 0 aliphatic rings. The van der Waals surface area contributed by atoms with Gasteiger partial charge in [-0.15, -0.1) is 11.3 Å². The van der Waals surface area contributed by atoms with E-state index >= 15 is 0 Å². The number of amidine groups is 2. The number of benzene rings is 8. The van der Waals surface area contributed by atoms with Crippen LogP contribution in [0.4, 0.5) is 0 Å². The van der Waals surface area contributed by atoms with E-state index in [4.69, 9.17) is 23.8 Å². The van der Waals surface area contributed by atoms with E-state index in [9.17, 15) is 0 Å². The minimum Gasteiger partial charge on any atom is -0.456 e. The minimum absolute atomic E-state index is 0.417. The van der Waals surface area contributed by atoms with Gasteiger partial charge in [0.1, 0.15) is 22.3 Å². The molecule has 0 aliphatic heterocycles. The molecule has 5 nitrogen and oxygen atoms in total. The first-order chi connectivity index (χ1) is 28.7. The standard InChI is InChI=1S/C52H33N3O2S/c1-53-52(49-36(29-30-44-48(49)39-16-6-9-22-43(39)56-44)38-19-11-18-37-35-15-5-8-21-42(35)57-50(37)38)55-51(41-20-12-24-46-47(41)40-17-7-10-23-45(40)58-46)54-31-32-25-27-34(28-26-32)33-13-3-2-4-14-33/h2-30H,1,31H2/b54-51-,55-52-. The highest BCUT2D eigenvalue weighted by Crippen LogP contribution is 2.42. The predicted octanol–water partition coefficient (Wildman–Crippen LogP) is 14.3. The molecule has 0 spiro atoms. The van der Waals surface area contributed by atoms with Crippen molar-refractivity contribution in [1.29, 1.82) is 0 Å². The number of thiophene rings is 1. The van der Waals surface area contributed by atoms with Crippen molar-refractivity contribution in [1.82, 2.24) is 0 Å². The van der Waals surface area contributed by atoms with Crippen LogP contribution in [0.1, 0.15) is 16.7 Å². The number of furan rings is 2. The Morgan fingerprint density at radius 1 is 0.483 bits per heavy atom. The van der Waals surface area contributed by atoms with Crippen LogP contribution < -0.4 is 0 Å². The first-order valence-corrected chi connectivity index (χ1v) is 20.0. The summed E-state index contributed by atoms with van der Waals surface area (Å²) in [6, 6.07) is 60.6. The van der Waals surface area contributed by atoms with Gasteiger partial charge in [-0.1, -0.05) is 140 Å². The third-order valence-electron chi connectivity index (χ3n) is 10.9. The Bertz CT molecular complexity index is 3440. The number of rotatable bonds is 6. The second-order valence-corrected chi connectivity index (χ2v) is 15.4. The molecule has 274 valence electrons. The molecule has 0 aliphatic carbocycles. The summed E-state index contributed by atoms with van der Waals surface area (Å²) in [6.07, 6.45) is 0. The lowest BCUT2D eigenvalue weighted by Gasteiger charge is -2.13. The van der Waals surface area contributed by atoms with Gasteiger partial charge in [-0.3, -0.25) is 4.99 Å². The molecule has 6 heteroatoms. The summed E-state index contributed by atoms with van der Waals surface area (Å²) >= 11 is 1.77. The Morgan fingerprint density at radius 3 is 1.98 bits per heavy atom. The summed E-state index contributed by atoms with van der Waals surface area (Å²) in [5, 5.41) is 6.26. The van der Waals surface area contributed by atoms with Gasteiger partial charge in [0.25, 0.3) is 0 Å². The quantitative estimate of drug-likeness (QED) is 0.125. The van der Waals surface area contributed by atoms with Gasteiger partial charge in [0.05, 0.1) is 6.54 Å². The summed E-state index contributed by atoms with van der Waals surface area (Å²) in [7, 11) is 0. The zero-order valence-corrected chi connectivity index (χ0v) is 32.0. The molecule has 3 aromatic heterocycles. The molecule has 0 radical (unpaired) electrons. The molecule has 11 aromatic rings. The number of para-hydroxylation sites is 3. The zero-order valence-electron chi connectivity index (χ0n) is 31.2. The van der Waals surface area contributed by atoms with E-state index in [1.165, 1.54) is 20.3 Å².